The molecule has 7 heteroatoms. The minimum atomic E-state index is -0.591. The van der Waals surface area contributed by atoms with Crippen molar-refractivity contribution in [2.75, 3.05) is 0 Å². The van der Waals surface area contributed by atoms with Crippen LogP contribution in [-0.2, 0) is 4.74 Å². The third-order valence-electron chi connectivity index (χ3n) is 6.70. The van der Waals surface area contributed by atoms with Crippen molar-refractivity contribution in [1.82, 2.24) is 19.8 Å². The van der Waals surface area contributed by atoms with Crippen LogP contribution in [0.4, 0.5) is 9.59 Å². The predicted octanol–water partition coefficient (Wildman–Crippen LogP) is 4.88. The van der Waals surface area contributed by atoms with E-state index >= 15 is 0 Å². The molecule has 1 saturated carbocycles. The Kier molecular flexibility index (Phi) is 5.12. The number of fused-ring (bicyclic) bond motifs is 1. The van der Waals surface area contributed by atoms with Crippen LogP contribution in [0, 0.1) is 0 Å². The number of pyridine rings is 1. The van der Waals surface area contributed by atoms with E-state index < -0.39 is 5.60 Å². The van der Waals surface area contributed by atoms with Crippen LogP contribution in [0.2, 0.25) is 0 Å². The average molecular weight is 433 g/mol. The van der Waals surface area contributed by atoms with E-state index in [0.717, 1.165) is 36.6 Å². The molecule has 166 valence electrons. The average Bonchev–Trinajstić information content (AvgIpc) is 3.32. The molecule has 1 N–H and O–H groups in total. The molecule has 32 heavy (non-hydrogen) atoms. The van der Waals surface area contributed by atoms with Crippen LogP contribution in [0.5, 0.6) is 0 Å². The number of carbonyl (C=O) groups is 2. The Labute approximate surface area is 187 Å². The fourth-order valence-electron chi connectivity index (χ4n) is 5.20. The zero-order valence-corrected chi connectivity index (χ0v) is 18.4. The standard InChI is InChI=1S/C25H28N4O3/c1-25(2)21(17-7-4-3-5-8-17)29(24(31)32-25)20-12-10-19(11-13-20)27-23(30)28-16-14-18-9-6-15-26-22(18)28/h3-9,14-16,19-21H,10-13H2,1-2H3,(H,27,30)/t19?,20?,21-/m0/s1. The van der Waals surface area contributed by atoms with E-state index in [2.05, 4.69) is 22.4 Å². The summed E-state index contributed by atoms with van der Waals surface area (Å²) in [6.07, 6.45) is 6.47. The minimum Gasteiger partial charge on any atom is -0.441 e. The van der Waals surface area contributed by atoms with E-state index in [0.29, 0.717) is 5.65 Å². The number of hydrogen-bond acceptors (Lipinski definition) is 4. The fourth-order valence-corrected chi connectivity index (χ4v) is 5.20. The second-order valence-electron chi connectivity index (χ2n) is 9.25. The van der Waals surface area contributed by atoms with Gasteiger partial charge in [0.2, 0.25) is 0 Å². The molecule has 1 aliphatic carbocycles. The highest BCUT2D eigenvalue weighted by Crippen LogP contribution is 2.44. The zero-order chi connectivity index (χ0) is 22.3. The Morgan fingerprint density at radius 1 is 1.06 bits per heavy atom. The van der Waals surface area contributed by atoms with Gasteiger partial charge >= 0.3 is 12.1 Å². The molecule has 1 aromatic carbocycles. The van der Waals surface area contributed by atoms with Crippen molar-refractivity contribution in [3.63, 3.8) is 0 Å². The second-order valence-corrected chi connectivity index (χ2v) is 9.25. The molecule has 2 fully saturated rings. The number of ether oxygens (including phenoxy) is 1. The van der Waals surface area contributed by atoms with Gasteiger partial charge < -0.3 is 10.1 Å². The summed E-state index contributed by atoms with van der Waals surface area (Å²) in [4.78, 5) is 31.9. The highest BCUT2D eigenvalue weighted by Gasteiger charge is 2.51. The van der Waals surface area contributed by atoms with Crippen molar-refractivity contribution in [3.05, 3.63) is 66.5 Å². The maximum absolute atomic E-state index is 12.8. The summed E-state index contributed by atoms with van der Waals surface area (Å²) >= 11 is 0. The van der Waals surface area contributed by atoms with Crippen molar-refractivity contribution >= 4 is 23.2 Å². The molecule has 1 saturated heterocycles. The van der Waals surface area contributed by atoms with Crippen LogP contribution in [-0.4, -0.2) is 44.3 Å². The van der Waals surface area contributed by atoms with Crippen LogP contribution in [0.3, 0.4) is 0 Å². The van der Waals surface area contributed by atoms with Gasteiger partial charge in [-0.25, -0.2) is 14.6 Å². The number of nitrogens with one attached hydrogen (secondary N) is 1. The zero-order valence-electron chi connectivity index (χ0n) is 18.4. The first-order chi connectivity index (χ1) is 15.4. The van der Waals surface area contributed by atoms with E-state index in [1.165, 1.54) is 0 Å². The Morgan fingerprint density at radius 3 is 2.56 bits per heavy atom. The van der Waals surface area contributed by atoms with E-state index in [1.54, 1.807) is 17.0 Å². The van der Waals surface area contributed by atoms with Gasteiger partial charge in [0.25, 0.3) is 0 Å². The molecule has 5 rings (SSSR count). The lowest BCUT2D eigenvalue weighted by atomic mass is 9.86. The van der Waals surface area contributed by atoms with E-state index in [4.69, 9.17) is 4.74 Å². The Balaban J connectivity index is 1.27. The van der Waals surface area contributed by atoms with Crippen molar-refractivity contribution in [1.29, 1.82) is 0 Å². The molecule has 2 aromatic heterocycles. The monoisotopic (exact) mass is 432 g/mol. The van der Waals surface area contributed by atoms with E-state index in [1.807, 2.05) is 55.1 Å². The lowest BCUT2D eigenvalue weighted by molar-refractivity contribution is 0.0663. The molecule has 1 aliphatic heterocycles. The molecule has 0 radical (unpaired) electrons. The van der Waals surface area contributed by atoms with E-state index in [-0.39, 0.29) is 30.2 Å². The number of amides is 2. The van der Waals surface area contributed by atoms with E-state index in [9.17, 15) is 9.59 Å². The van der Waals surface area contributed by atoms with Gasteiger partial charge in [-0.1, -0.05) is 30.3 Å². The first-order valence-electron chi connectivity index (χ1n) is 11.2. The first kappa shape index (κ1) is 20.5. The summed E-state index contributed by atoms with van der Waals surface area (Å²) in [5, 5.41) is 4.08. The first-order valence-corrected chi connectivity index (χ1v) is 11.2. The molecule has 0 bridgehead atoms. The molecule has 0 spiro atoms. The third-order valence-corrected chi connectivity index (χ3v) is 6.70. The Bertz CT molecular complexity index is 1130. The molecule has 1 atom stereocenters. The molecule has 7 nitrogen and oxygen atoms in total. The van der Waals surface area contributed by atoms with Crippen LogP contribution >= 0.6 is 0 Å². The molecular formula is C25H28N4O3. The predicted molar refractivity (Wildman–Crippen MR) is 121 cm³/mol. The van der Waals surface area contributed by atoms with Gasteiger partial charge in [-0.3, -0.25) is 9.47 Å². The lowest BCUT2D eigenvalue weighted by Crippen LogP contribution is -2.46. The highest BCUT2D eigenvalue weighted by molar-refractivity contribution is 5.89. The van der Waals surface area contributed by atoms with Crippen LogP contribution < -0.4 is 5.32 Å². The minimum absolute atomic E-state index is 0.0710. The quantitative estimate of drug-likeness (QED) is 0.640. The number of benzene rings is 1. The van der Waals surface area contributed by atoms with Crippen LogP contribution in [0.15, 0.2) is 60.9 Å². The number of aromatic nitrogens is 2. The molecule has 2 amide bonds. The summed E-state index contributed by atoms with van der Waals surface area (Å²) in [5.41, 5.74) is 1.16. The molecule has 0 unspecified atom stereocenters. The van der Waals surface area contributed by atoms with Crippen molar-refractivity contribution in [3.8, 4) is 0 Å². The number of hydrogen-bond donors (Lipinski definition) is 1. The van der Waals surface area contributed by atoms with Crippen molar-refractivity contribution < 1.29 is 14.3 Å². The maximum Gasteiger partial charge on any atom is 0.411 e. The SMILES string of the molecule is CC1(C)OC(=O)N(C2CCC(NC(=O)n3ccc4cccnc43)CC2)[C@H]1c1ccccc1. The molecular weight excluding hydrogens is 404 g/mol. The second kappa shape index (κ2) is 7.97. The van der Waals surface area contributed by atoms with Gasteiger partial charge in [0, 0.05) is 29.9 Å². The normalized spacial score (nSPS) is 25.0. The number of rotatable bonds is 3. The van der Waals surface area contributed by atoms with Gasteiger partial charge in [0.1, 0.15) is 11.2 Å². The smallest absolute Gasteiger partial charge is 0.411 e. The van der Waals surface area contributed by atoms with Gasteiger partial charge in [0.15, 0.2) is 0 Å². The molecule has 2 aliphatic rings. The van der Waals surface area contributed by atoms with Gasteiger partial charge in [0.05, 0.1) is 6.04 Å². The highest BCUT2D eigenvalue weighted by atomic mass is 16.6. The number of nitrogens with zero attached hydrogens (tertiary/aromatic N) is 3. The van der Waals surface area contributed by atoms with Gasteiger partial charge in [-0.2, -0.15) is 0 Å². The summed E-state index contributed by atoms with van der Waals surface area (Å²) < 4.78 is 7.33. The van der Waals surface area contributed by atoms with Gasteiger partial charge in [-0.15, -0.1) is 0 Å². The van der Waals surface area contributed by atoms with Crippen LogP contribution in [0.1, 0.15) is 51.1 Å². The van der Waals surface area contributed by atoms with Gasteiger partial charge in [-0.05, 0) is 63.3 Å². The largest absolute Gasteiger partial charge is 0.441 e. The topological polar surface area (TPSA) is 76.5 Å². The maximum atomic E-state index is 12.8. The Hall–Kier alpha value is -3.35. The molecule has 3 heterocycles. The Morgan fingerprint density at radius 2 is 1.81 bits per heavy atom. The number of carbonyl (C=O) groups excluding carboxylic acids is 2. The van der Waals surface area contributed by atoms with Crippen LogP contribution in [0.25, 0.3) is 11.0 Å². The van der Waals surface area contributed by atoms with Crippen molar-refractivity contribution in [2.24, 2.45) is 0 Å². The van der Waals surface area contributed by atoms with Crippen molar-refractivity contribution in [2.45, 2.75) is 63.3 Å². The summed E-state index contributed by atoms with van der Waals surface area (Å²) in [5.74, 6) is 0. The third kappa shape index (κ3) is 3.61. The summed E-state index contributed by atoms with van der Waals surface area (Å²) in [6.45, 7) is 3.95. The summed E-state index contributed by atoms with van der Waals surface area (Å²) in [6, 6.07) is 15.7. The fraction of sp³-hybridized carbons (Fsp3) is 0.400. The molecule has 3 aromatic rings. The summed E-state index contributed by atoms with van der Waals surface area (Å²) in [7, 11) is 0. The number of cyclic esters (lactones) is 1. The lowest BCUT2D eigenvalue weighted by Gasteiger charge is -2.38.